The van der Waals surface area contributed by atoms with Gasteiger partial charge in [0.1, 0.15) is 11.5 Å². The van der Waals surface area contributed by atoms with Crippen LogP contribution in [-0.4, -0.2) is 41.0 Å². The molecule has 1 amide bonds. The number of amidine groups is 1. The van der Waals surface area contributed by atoms with Crippen LogP contribution in [0.3, 0.4) is 0 Å². The number of rotatable bonds is 5. The van der Waals surface area contributed by atoms with Gasteiger partial charge in [-0.2, -0.15) is 0 Å². The highest BCUT2D eigenvalue weighted by atomic mass is 32.2. The van der Waals surface area contributed by atoms with Gasteiger partial charge in [-0.05, 0) is 60.3 Å². The highest BCUT2D eigenvalue weighted by molar-refractivity contribution is 8.18. The summed E-state index contributed by atoms with van der Waals surface area (Å²) in [6.07, 6.45) is 1.63. The number of carbonyl (C=O) groups excluding carboxylic acids is 2. The van der Waals surface area contributed by atoms with Gasteiger partial charge >= 0.3 is 5.97 Å². The first-order valence-corrected chi connectivity index (χ1v) is 10.5. The zero-order chi connectivity index (χ0) is 23.5. The molecule has 1 aliphatic heterocycles. The first-order valence-electron chi connectivity index (χ1n) is 9.65. The lowest BCUT2D eigenvalue weighted by Crippen LogP contribution is -2.23. The van der Waals surface area contributed by atoms with Crippen LogP contribution in [0.1, 0.15) is 16.1 Å². The van der Waals surface area contributed by atoms with Gasteiger partial charge in [0.15, 0.2) is 5.17 Å². The smallest absolute Gasteiger partial charge is 0.337 e. The van der Waals surface area contributed by atoms with Gasteiger partial charge in [-0.15, -0.1) is 0 Å². The average Bonchev–Trinajstić information content (AvgIpc) is 3.40. The number of esters is 1. The fraction of sp³-hybridized carbons (Fsp3) is 0.0870. The van der Waals surface area contributed by atoms with Crippen molar-refractivity contribution in [2.24, 2.45) is 4.99 Å². The van der Waals surface area contributed by atoms with Crippen LogP contribution >= 0.6 is 11.8 Å². The Hall–Kier alpha value is -4.18. The Kier molecular flexibility index (Phi) is 6.09. The van der Waals surface area contributed by atoms with E-state index in [2.05, 4.69) is 9.73 Å². The minimum absolute atomic E-state index is 0.00427. The van der Waals surface area contributed by atoms with E-state index in [1.54, 1.807) is 61.7 Å². The molecule has 1 fully saturated rings. The summed E-state index contributed by atoms with van der Waals surface area (Å²) in [5, 5.41) is 11.3. The van der Waals surface area contributed by atoms with E-state index in [9.17, 15) is 19.7 Å². The Morgan fingerprint density at radius 2 is 1.82 bits per heavy atom. The van der Waals surface area contributed by atoms with Crippen LogP contribution in [0.2, 0.25) is 0 Å². The average molecular weight is 463 g/mol. The summed E-state index contributed by atoms with van der Waals surface area (Å²) in [4.78, 5) is 40.9. The third-order valence-corrected chi connectivity index (χ3v) is 5.84. The monoisotopic (exact) mass is 463 g/mol. The summed E-state index contributed by atoms with van der Waals surface area (Å²) >= 11 is 1.20. The normalized spacial score (nSPS) is 15.9. The van der Waals surface area contributed by atoms with Gasteiger partial charge in [-0.1, -0.05) is 0 Å². The second-order valence-corrected chi connectivity index (χ2v) is 7.92. The highest BCUT2D eigenvalue weighted by Gasteiger charge is 2.30. The van der Waals surface area contributed by atoms with E-state index < -0.39 is 10.9 Å². The van der Waals surface area contributed by atoms with Gasteiger partial charge in [0.25, 0.3) is 11.6 Å². The fourth-order valence-corrected chi connectivity index (χ4v) is 3.98. The van der Waals surface area contributed by atoms with Gasteiger partial charge in [-0.25, -0.2) is 9.79 Å². The Morgan fingerprint density at radius 3 is 2.45 bits per heavy atom. The standard InChI is InChI=1S/C23H17N3O6S/c1-25-21(27)20(33-23(25)24-16-7-3-15(4-8-16)22(28)31-2)13-18-11-12-19(32-18)14-5-9-17(10-6-14)26(29)30/h3-13H,1-2H3/b20-13-,24-23?. The number of furan rings is 1. The lowest BCUT2D eigenvalue weighted by Gasteiger charge is -2.07. The molecule has 3 aromatic rings. The third kappa shape index (κ3) is 4.70. The number of amides is 1. The van der Waals surface area contributed by atoms with Gasteiger partial charge < -0.3 is 9.15 Å². The zero-order valence-corrected chi connectivity index (χ0v) is 18.4. The number of likely N-dealkylation sites (N-methyl/N-ethyl adjacent to an activating group) is 1. The molecular formula is C23H17N3O6S. The number of aliphatic imine (C=N–C) groups is 1. The van der Waals surface area contributed by atoms with E-state index in [-0.39, 0.29) is 11.6 Å². The maximum atomic E-state index is 12.7. The molecule has 166 valence electrons. The van der Waals surface area contributed by atoms with Crippen molar-refractivity contribution in [1.29, 1.82) is 0 Å². The summed E-state index contributed by atoms with van der Waals surface area (Å²) in [7, 11) is 2.94. The van der Waals surface area contributed by atoms with E-state index in [0.29, 0.717) is 38.4 Å². The van der Waals surface area contributed by atoms with Crippen molar-refractivity contribution >= 4 is 46.3 Å². The zero-order valence-electron chi connectivity index (χ0n) is 17.6. The van der Waals surface area contributed by atoms with Crippen molar-refractivity contribution in [3.05, 3.63) is 87.0 Å². The van der Waals surface area contributed by atoms with Crippen molar-refractivity contribution < 1.29 is 23.7 Å². The number of hydrogen-bond donors (Lipinski definition) is 0. The molecule has 2 heterocycles. The number of non-ortho nitro benzene ring substituents is 1. The van der Waals surface area contributed by atoms with Crippen LogP contribution in [0.15, 0.2) is 75.0 Å². The molecule has 4 rings (SSSR count). The Bertz CT molecular complexity index is 1290. The van der Waals surface area contributed by atoms with Gasteiger partial charge in [0.2, 0.25) is 0 Å². The topological polar surface area (TPSA) is 115 Å². The first-order chi connectivity index (χ1) is 15.9. The molecule has 0 saturated carbocycles. The summed E-state index contributed by atoms with van der Waals surface area (Å²) in [6.45, 7) is 0. The van der Waals surface area contributed by atoms with Crippen molar-refractivity contribution in [3.8, 4) is 11.3 Å². The summed E-state index contributed by atoms with van der Waals surface area (Å²) in [5.41, 5.74) is 1.68. The minimum atomic E-state index is -0.464. The molecule has 0 bridgehead atoms. The predicted molar refractivity (Wildman–Crippen MR) is 124 cm³/mol. The molecule has 2 aromatic carbocycles. The molecule has 0 radical (unpaired) electrons. The molecule has 10 heteroatoms. The Balaban J connectivity index is 1.53. The second kappa shape index (κ2) is 9.13. The summed E-state index contributed by atoms with van der Waals surface area (Å²) in [5.74, 6) is 0.336. The largest absolute Gasteiger partial charge is 0.465 e. The number of carbonyl (C=O) groups is 2. The maximum Gasteiger partial charge on any atom is 0.337 e. The van der Waals surface area contributed by atoms with Crippen LogP contribution in [0, 0.1) is 10.1 Å². The summed E-state index contributed by atoms with van der Waals surface area (Å²) < 4.78 is 10.5. The molecule has 0 N–H and O–H groups in total. The maximum absolute atomic E-state index is 12.7. The number of nitrogens with zero attached hydrogens (tertiary/aromatic N) is 3. The lowest BCUT2D eigenvalue weighted by atomic mass is 10.1. The van der Waals surface area contributed by atoms with E-state index in [0.717, 1.165) is 0 Å². The first kappa shape index (κ1) is 22.0. The molecule has 33 heavy (non-hydrogen) atoms. The molecule has 0 atom stereocenters. The number of nitro benzene ring substituents is 1. The van der Waals surface area contributed by atoms with E-state index in [4.69, 9.17) is 4.42 Å². The van der Waals surface area contributed by atoms with Crippen molar-refractivity contribution in [1.82, 2.24) is 4.90 Å². The predicted octanol–water partition coefficient (Wildman–Crippen LogP) is 4.88. The Labute approximate surface area is 192 Å². The van der Waals surface area contributed by atoms with E-state index in [1.165, 1.54) is 35.9 Å². The SMILES string of the molecule is COC(=O)c1ccc(N=C2S/C(=C\c3ccc(-c4ccc([N+](=O)[O-])cc4)o3)C(=O)N2C)cc1. The van der Waals surface area contributed by atoms with Crippen LogP contribution in [-0.2, 0) is 9.53 Å². The van der Waals surface area contributed by atoms with Crippen LogP contribution in [0.25, 0.3) is 17.4 Å². The molecular weight excluding hydrogens is 446 g/mol. The molecule has 0 spiro atoms. The number of thioether (sulfide) groups is 1. The van der Waals surface area contributed by atoms with Crippen molar-refractivity contribution in [2.75, 3.05) is 14.2 Å². The molecule has 1 aromatic heterocycles. The minimum Gasteiger partial charge on any atom is -0.465 e. The number of ether oxygens (including phenoxy) is 1. The third-order valence-electron chi connectivity index (χ3n) is 4.78. The van der Waals surface area contributed by atoms with Crippen LogP contribution < -0.4 is 0 Å². The number of methoxy groups -OCH3 is 1. The molecule has 0 unspecified atom stereocenters. The fourth-order valence-electron chi connectivity index (χ4n) is 3.01. The van der Waals surface area contributed by atoms with Gasteiger partial charge in [0.05, 0.1) is 28.2 Å². The molecule has 0 aliphatic carbocycles. The Morgan fingerprint density at radius 1 is 1.12 bits per heavy atom. The van der Waals surface area contributed by atoms with Crippen molar-refractivity contribution in [2.45, 2.75) is 0 Å². The molecule has 9 nitrogen and oxygen atoms in total. The van der Waals surface area contributed by atoms with E-state index in [1.807, 2.05) is 0 Å². The summed E-state index contributed by atoms with van der Waals surface area (Å²) in [6, 6.07) is 16.0. The highest BCUT2D eigenvalue weighted by Crippen LogP contribution is 2.34. The molecule has 1 aliphatic rings. The number of nitro groups is 1. The number of hydrogen-bond acceptors (Lipinski definition) is 8. The van der Waals surface area contributed by atoms with Gasteiger partial charge in [0, 0.05) is 30.8 Å². The van der Waals surface area contributed by atoms with E-state index >= 15 is 0 Å². The number of benzene rings is 2. The van der Waals surface area contributed by atoms with Crippen molar-refractivity contribution in [3.63, 3.8) is 0 Å². The van der Waals surface area contributed by atoms with Crippen LogP contribution in [0.4, 0.5) is 11.4 Å². The van der Waals surface area contributed by atoms with Crippen LogP contribution in [0.5, 0.6) is 0 Å². The van der Waals surface area contributed by atoms with Gasteiger partial charge in [-0.3, -0.25) is 19.8 Å². The molecule has 1 saturated heterocycles. The lowest BCUT2D eigenvalue weighted by molar-refractivity contribution is -0.384. The quantitative estimate of drug-likeness (QED) is 0.229. The second-order valence-electron chi connectivity index (χ2n) is 6.91.